The van der Waals surface area contributed by atoms with Crippen molar-refractivity contribution in [3.05, 3.63) is 30.1 Å². The van der Waals surface area contributed by atoms with Crippen molar-refractivity contribution in [3.63, 3.8) is 0 Å². The van der Waals surface area contributed by atoms with Crippen LogP contribution in [0.1, 0.15) is 37.9 Å². The van der Waals surface area contributed by atoms with Crippen LogP contribution in [0.4, 0.5) is 0 Å². The lowest BCUT2D eigenvalue weighted by molar-refractivity contribution is -0.122. The van der Waals surface area contributed by atoms with E-state index in [0.717, 1.165) is 25.2 Å². The molecule has 0 spiro atoms. The zero-order valence-electron chi connectivity index (χ0n) is 10.9. The number of rotatable bonds is 5. The first-order chi connectivity index (χ1) is 8.75. The first-order valence-corrected chi connectivity index (χ1v) is 6.66. The van der Waals surface area contributed by atoms with Crippen molar-refractivity contribution >= 4 is 5.91 Å². The second-order valence-corrected chi connectivity index (χ2v) is 4.94. The molecule has 1 aliphatic rings. The molecule has 0 saturated carbocycles. The van der Waals surface area contributed by atoms with Crippen molar-refractivity contribution in [2.45, 2.75) is 32.2 Å². The fraction of sp³-hybridized carbons (Fsp3) is 0.571. The van der Waals surface area contributed by atoms with Crippen LogP contribution in [0.15, 0.2) is 24.4 Å². The standard InChI is InChI=1S/C14H21N3O/c1-11(13-4-2-3-8-16-13)17-14(18)6-5-12-7-9-15-10-12/h2-4,8,11-12,15H,5-7,9-10H2,1H3,(H,17,18)/t11-,12?/m1/s1. The first-order valence-electron chi connectivity index (χ1n) is 6.66. The Labute approximate surface area is 108 Å². The summed E-state index contributed by atoms with van der Waals surface area (Å²) in [5.74, 6) is 0.793. The molecular weight excluding hydrogens is 226 g/mol. The minimum atomic E-state index is -0.0135. The molecule has 4 heteroatoms. The molecule has 1 unspecified atom stereocenters. The lowest BCUT2D eigenvalue weighted by Crippen LogP contribution is -2.27. The number of nitrogens with one attached hydrogen (secondary N) is 2. The van der Waals surface area contributed by atoms with Crippen molar-refractivity contribution < 1.29 is 4.79 Å². The van der Waals surface area contributed by atoms with Crippen LogP contribution in [0.2, 0.25) is 0 Å². The van der Waals surface area contributed by atoms with Gasteiger partial charge >= 0.3 is 0 Å². The summed E-state index contributed by atoms with van der Waals surface area (Å²) in [5, 5.41) is 6.32. The first kappa shape index (κ1) is 13.0. The van der Waals surface area contributed by atoms with E-state index in [1.54, 1.807) is 6.20 Å². The molecule has 1 aromatic heterocycles. The van der Waals surface area contributed by atoms with Gasteiger partial charge in [-0.3, -0.25) is 9.78 Å². The summed E-state index contributed by atoms with van der Waals surface area (Å²) in [6.07, 6.45) is 4.54. The number of nitrogens with zero attached hydrogens (tertiary/aromatic N) is 1. The van der Waals surface area contributed by atoms with E-state index in [1.807, 2.05) is 25.1 Å². The Morgan fingerprint density at radius 3 is 3.17 bits per heavy atom. The highest BCUT2D eigenvalue weighted by Crippen LogP contribution is 2.15. The highest BCUT2D eigenvalue weighted by molar-refractivity contribution is 5.76. The molecule has 1 fully saturated rings. The van der Waals surface area contributed by atoms with E-state index in [1.165, 1.54) is 6.42 Å². The monoisotopic (exact) mass is 247 g/mol. The summed E-state index contributed by atoms with van der Waals surface area (Å²) in [4.78, 5) is 16.1. The molecule has 98 valence electrons. The molecule has 0 aliphatic carbocycles. The van der Waals surface area contributed by atoms with Crippen molar-refractivity contribution in [1.82, 2.24) is 15.6 Å². The molecule has 2 heterocycles. The topological polar surface area (TPSA) is 54.0 Å². The van der Waals surface area contributed by atoms with Gasteiger partial charge in [0.25, 0.3) is 0 Å². The van der Waals surface area contributed by atoms with Gasteiger partial charge in [-0.1, -0.05) is 6.07 Å². The van der Waals surface area contributed by atoms with Gasteiger partial charge in [0.1, 0.15) is 0 Å². The number of hydrogen-bond acceptors (Lipinski definition) is 3. The zero-order chi connectivity index (χ0) is 12.8. The highest BCUT2D eigenvalue weighted by atomic mass is 16.1. The van der Waals surface area contributed by atoms with Crippen LogP contribution < -0.4 is 10.6 Å². The molecule has 2 rings (SSSR count). The normalized spacial score (nSPS) is 20.6. The van der Waals surface area contributed by atoms with Gasteiger partial charge in [-0.2, -0.15) is 0 Å². The maximum Gasteiger partial charge on any atom is 0.220 e. The summed E-state index contributed by atoms with van der Waals surface area (Å²) in [5.41, 5.74) is 0.911. The predicted octanol–water partition coefficient (Wildman–Crippen LogP) is 1.65. The average Bonchev–Trinajstić information content (AvgIpc) is 2.90. The van der Waals surface area contributed by atoms with E-state index >= 15 is 0 Å². The van der Waals surface area contributed by atoms with Gasteiger partial charge < -0.3 is 10.6 Å². The molecule has 0 aromatic carbocycles. The summed E-state index contributed by atoms with van der Waals surface area (Å²) in [6, 6.07) is 5.74. The van der Waals surface area contributed by atoms with Gasteiger partial charge in [0.05, 0.1) is 11.7 Å². The van der Waals surface area contributed by atoms with Crippen LogP contribution in [0.25, 0.3) is 0 Å². The highest BCUT2D eigenvalue weighted by Gasteiger charge is 2.16. The second kappa shape index (κ2) is 6.50. The van der Waals surface area contributed by atoms with E-state index in [9.17, 15) is 4.79 Å². The third-order valence-corrected chi connectivity index (χ3v) is 3.45. The molecule has 2 N–H and O–H groups in total. The lowest BCUT2D eigenvalue weighted by atomic mass is 10.0. The van der Waals surface area contributed by atoms with Gasteiger partial charge in [-0.25, -0.2) is 0 Å². The molecule has 1 amide bonds. The molecule has 0 radical (unpaired) electrons. The van der Waals surface area contributed by atoms with E-state index in [2.05, 4.69) is 15.6 Å². The van der Waals surface area contributed by atoms with E-state index in [4.69, 9.17) is 0 Å². The van der Waals surface area contributed by atoms with Crippen molar-refractivity contribution in [2.75, 3.05) is 13.1 Å². The molecule has 4 nitrogen and oxygen atoms in total. The Balaban J connectivity index is 1.73. The number of amides is 1. The molecule has 1 aliphatic heterocycles. The Hall–Kier alpha value is -1.42. The van der Waals surface area contributed by atoms with Gasteiger partial charge in [-0.05, 0) is 50.9 Å². The number of pyridine rings is 1. The van der Waals surface area contributed by atoms with Crippen molar-refractivity contribution in [2.24, 2.45) is 5.92 Å². The smallest absolute Gasteiger partial charge is 0.220 e. The third kappa shape index (κ3) is 3.81. The zero-order valence-corrected chi connectivity index (χ0v) is 10.9. The third-order valence-electron chi connectivity index (χ3n) is 3.45. The molecule has 1 aromatic rings. The SMILES string of the molecule is C[C@@H](NC(=O)CCC1CCNC1)c1ccccn1. The van der Waals surface area contributed by atoms with Crippen molar-refractivity contribution in [1.29, 1.82) is 0 Å². The van der Waals surface area contributed by atoms with Crippen LogP contribution in [0.3, 0.4) is 0 Å². The molecule has 0 bridgehead atoms. The summed E-state index contributed by atoms with van der Waals surface area (Å²) in [7, 11) is 0. The minimum Gasteiger partial charge on any atom is -0.348 e. The maximum atomic E-state index is 11.8. The van der Waals surface area contributed by atoms with Crippen LogP contribution in [0.5, 0.6) is 0 Å². The van der Waals surface area contributed by atoms with E-state index < -0.39 is 0 Å². The number of aromatic nitrogens is 1. The van der Waals surface area contributed by atoms with Gasteiger partial charge in [-0.15, -0.1) is 0 Å². The molecule has 2 atom stereocenters. The summed E-state index contributed by atoms with van der Waals surface area (Å²) in [6.45, 7) is 4.12. The molecule has 18 heavy (non-hydrogen) atoms. The Morgan fingerprint density at radius 1 is 1.61 bits per heavy atom. The Kier molecular flexibility index (Phi) is 4.70. The van der Waals surface area contributed by atoms with Crippen molar-refractivity contribution in [3.8, 4) is 0 Å². The van der Waals surface area contributed by atoms with Gasteiger partial charge in [0.2, 0.25) is 5.91 Å². The second-order valence-electron chi connectivity index (χ2n) is 4.94. The fourth-order valence-electron chi connectivity index (χ4n) is 2.32. The molecule has 1 saturated heterocycles. The Morgan fingerprint density at radius 2 is 2.50 bits per heavy atom. The maximum absolute atomic E-state index is 11.8. The fourth-order valence-corrected chi connectivity index (χ4v) is 2.32. The molecular formula is C14H21N3O. The average molecular weight is 247 g/mol. The van der Waals surface area contributed by atoms with Crippen LogP contribution >= 0.6 is 0 Å². The number of carbonyl (C=O) groups is 1. The summed E-state index contributed by atoms with van der Waals surface area (Å²) < 4.78 is 0. The Bertz CT molecular complexity index is 374. The van der Waals surface area contributed by atoms with Crippen LogP contribution in [0, 0.1) is 5.92 Å². The number of carbonyl (C=O) groups excluding carboxylic acids is 1. The van der Waals surface area contributed by atoms with E-state index in [-0.39, 0.29) is 11.9 Å². The predicted molar refractivity (Wildman–Crippen MR) is 71.0 cm³/mol. The van der Waals surface area contributed by atoms with E-state index in [0.29, 0.717) is 12.3 Å². The minimum absolute atomic E-state index is 0.0135. The summed E-state index contributed by atoms with van der Waals surface area (Å²) >= 11 is 0. The van der Waals surface area contributed by atoms with Gasteiger partial charge in [0, 0.05) is 12.6 Å². The van der Waals surface area contributed by atoms with Gasteiger partial charge in [0.15, 0.2) is 0 Å². The van der Waals surface area contributed by atoms with Crippen LogP contribution in [-0.2, 0) is 4.79 Å². The largest absolute Gasteiger partial charge is 0.348 e. The quantitative estimate of drug-likeness (QED) is 0.832. The number of hydrogen-bond donors (Lipinski definition) is 2. The van der Waals surface area contributed by atoms with Crippen LogP contribution in [-0.4, -0.2) is 24.0 Å². The lowest BCUT2D eigenvalue weighted by Gasteiger charge is -2.14.